The summed E-state index contributed by atoms with van der Waals surface area (Å²) in [4.78, 5) is 2.15. The van der Waals surface area contributed by atoms with Gasteiger partial charge in [0.15, 0.2) is 0 Å². The van der Waals surface area contributed by atoms with Crippen molar-refractivity contribution in [2.45, 2.75) is 40.8 Å². The zero-order chi connectivity index (χ0) is 14.9. The Hall–Kier alpha value is -1.81. The van der Waals surface area contributed by atoms with E-state index in [4.69, 9.17) is 4.52 Å². The summed E-state index contributed by atoms with van der Waals surface area (Å²) in [6.45, 7) is 9.40. The highest BCUT2D eigenvalue weighted by atomic mass is 16.5. The first-order chi connectivity index (χ1) is 9.38. The molecule has 4 heteroatoms. The summed E-state index contributed by atoms with van der Waals surface area (Å²) < 4.78 is 5.18. The van der Waals surface area contributed by atoms with Crippen LogP contribution >= 0.6 is 0 Å². The van der Waals surface area contributed by atoms with E-state index in [-0.39, 0.29) is 0 Å². The molecule has 0 atom stereocenters. The van der Waals surface area contributed by atoms with Gasteiger partial charge in [-0.2, -0.15) is 0 Å². The lowest BCUT2D eigenvalue weighted by atomic mass is 10.0. The number of aromatic hydroxyl groups is 1. The molecule has 0 unspecified atom stereocenters. The number of aryl methyl sites for hydroxylation is 4. The summed E-state index contributed by atoms with van der Waals surface area (Å²) >= 11 is 0. The molecule has 0 bridgehead atoms. The number of phenols is 1. The smallest absolute Gasteiger partial charge is 0.138 e. The van der Waals surface area contributed by atoms with Crippen molar-refractivity contribution >= 4 is 0 Å². The predicted octanol–water partition coefficient (Wildman–Crippen LogP) is 3.25. The average Bonchev–Trinajstić information content (AvgIpc) is 2.68. The second-order valence-electron chi connectivity index (χ2n) is 5.54. The van der Waals surface area contributed by atoms with Crippen LogP contribution in [-0.2, 0) is 13.1 Å². The normalized spacial score (nSPS) is 11.3. The number of benzene rings is 1. The van der Waals surface area contributed by atoms with Gasteiger partial charge in [-0.1, -0.05) is 11.2 Å². The van der Waals surface area contributed by atoms with Crippen molar-refractivity contribution in [2.75, 3.05) is 7.05 Å². The largest absolute Gasteiger partial charge is 0.508 e. The van der Waals surface area contributed by atoms with Crippen molar-refractivity contribution in [3.8, 4) is 5.75 Å². The van der Waals surface area contributed by atoms with Crippen LogP contribution in [0.4, 0.5) is 0 Å². The van der Waals surface area contributed by atoms with Crippen molar-refractivity contribution in [1.29, 1.82) is 0 Å². The highest BCUT2D eigenvalue weighted by Gasteiger charge is 2.13. The standard InChI is InChI=1S/C16H22N2O2/c1-10-6-14(16(19)7-11(10)2)8-18(5)9-15-12(3)17-20-13(15)4/h6-7,19H,8-9H2,1-5H3. The van der Waals surface area contributed by atoms with Gasteiger partial charge in [-0.05, 0) is 51.9 Å². The van der Waals surface area contributed by atoms with E-state index in [1.165, 1.54) is 5.56 Å². The number of aromatic nitrogens is 1. The maximum Gasteiger partial charge on any atom is 0.138 e. The van der Waals surface area contributed by atoms with E-state index in [2.05, 4.69) is 23.0 Å². The van der Waals surface area contributed by atoms with Crippen LogP contribution in [0.5, 0.6) is 5.75 Å². The second kappa shape index (κ2) is 5.67. The summed E-state index contributed by atoms with van der Waals surface area (Å²) in [7, 11) is 2.03. The van der Waals surface area contributed by atoms with Crippen LogP contribution in [0.3, 0.4) is 0 Å². The summed E-state index contributed by atoms with van der Waals surface area (Å²) in [6.07, 6.45) is 0. The highest BCUT2D eigenvalue weighted by Crippen LogP contribution is 2.24. The Morgan fingerprint density at radius 1 is 1.10 bits per heavy atom. The fraction of sp³-hybridized carbons (Fsp3) is 0.438. The second-order valence-corrected chi connectivity index (χ2v) is 5.54. The number of phenolic OH excluding ortho intramolecular Hbond substituents is 1. The molecule has 0 saturated heterocycles. The van der Waals surface area contributed by atoms with Gasteiger partial charge in [0.05, 0.1) is 5.69 Å². The van der Waals surface area contributed by atoms with Crippen LogP contribution in [0, 0.1) is 27.7 Å². The predicted molar refractivity (Wildman–Crippen MR) is 78.7 cm³/mol. The minimum absolute atomic E-state index is 0.360. The fourth-order valence-corrected chi connectivity index (χ4v) is 2.33. The Bertz CT molecular complexity index is 598. The van der Waals surface area contributed by atoms with E-state index in [0.29, 0.717) is 12.3 Å². The highest BCUT2D eigenvalue weighted by molar-refractivity contribution is 5.40. The molecule has 4 nitrogen and oxygen atoms in total. The van der Waals surface area contributed by atoms with Crippen molar-refractivity contribution in [3.05, 3.63) is 45.8 Å². The van der Waals surface area contributed by atoms with E-state index in [0.717, 1.165) is 34.7 Å². The summed E-state index contributed by atoms with van der Waals surface area (Å²) in [5.74, 6) is 1.22. The molecule has 2 aromatic rings. The Morgan fingerprint density at radius 3 is 2.35 bits per heavy atom. The zero-order valence-corrected chi connectivity index (χ0v) is 12.8. The average molecular weight is 274 g/mol. The number of nitrogens with zero attached hydrogens (tertiary/aromatic N) is 2. The van der Waals surface area contributed by atoms with E-state index >= 15 is 0 Å². The van der Waals surface area contributed by atoms with Gasteiger partial charge in [0, 0.05) is 24.2 Å². The van der Waals surface area contributed by atoms with Gasteiger partial charge in [0.2, 0.25) is 0 Å². The Kier molecular flexibility index (Phi) is 4.14. The fourth-order valence-electron chi connectivity index (χ4n) is 2.33. The lowest BCUT2D eigenvalue weighted by Crippen LogP contribution is -2.18. The first-order valence-electron chi connectivity index (χ1n) is 6.78. The molecule has 0 spiro atoms. The molecule has 0 saturated carbocycles. The molecule has 0 aliphatic heterocycles. The van der Waals surface area contributed by atoms with E-state index in [9.17, 15) is 5.11 Å². The zero-order valence-electron chi connectivity index (χ0n) is 12.8. The quantitative estimate of drug-likeness (QED) is 0.929. The number of hydrogen-bond acceptors (Lipinski definition) is 4. The van der Waals surface area contributed by atoms with Gasteiger partial charge in [-0.25, -0.2) is 0 Å². The van der Waals surface area contributed by atoms with Gasteiger partial charge in [0.1, 0.15) is 11.5 Å². The van der Waals surface area contributed by atoms with Gasteiger partial charge in [-0.3, -0.25) is 4.90 Å². The Balaban J connectivity index is 2.12. The van der Waals surface area contributed by atoms with Crippen LogP contribution in [0.25, 0.3) is 0 Å². The molecule has 1 N–H and O–H groups in total. The summed E-state index contributed by atoms with van der Waals surface area (Å²) in [5, 5.41) is 14.0. The first-order valence-corrected chi connectivity index (χ1v) is 6.78. The molecular formula is C16H22N2O2. The maximum atomic E-state index is 10.0. The van der Waals surface area contributed by atoms with E-state index in [1.807, 2.05) is 33.9 Å². The lowest BCUT2D eigenvalue weighted by Gasteiger charge is -2.18. The molecule has 20 heavy (non-hydrogen) atoms. The molecule has 0 amide bonds. The maximum absolute atomic E-state index is 10.0. The van der Waals surface area contributed by atoms with Gasteiger partial charge >= 0.3 is 0 Å². The molecule has 1 aromatic carbocycles. The van der Waals surface area contributed by atoms with Crippen molar-refractivity contribution in [3.63, 3.8) is 0 Å². The third-order valence-corrected chi connectivity index (χ3v) is 3.74. The van der Waals surface area contributed by atoms with Crippen LogP contribution in [0.1, 0.15) is 33.7 Å². The molecule has 0 radical (unpaired) electrons. The number of hydrogen-bond donors (Lipinski definition) is 1. The van der Waals surface area contributed by atoms with E-state index < -0.39 is 0 Å². The minimum atomic E-state index is 0.360. The van der Waals surface area contributed by atoms with Crippen LogP contribution in [0.15, 0.2) is 16.7 Å². The monoisotopic (exact) mass is 274 g/mol. The molecule has 108 valence electrons. The SMILES string of the molecule is Cc1cc(O)c(CN(C)Cc2c(C)noc2C)cc1C. The third kappa shape index (κ3) is 3.02. The lowest BCUT2D eigenvalue weighted by molar-refractivity contribution is 0.309. The topological polar surface area (TPSA) is 49.5 Å². The van der Waals surface area contributed by atoms with Crippen molar-refractivity contribution in [1.82, 2.24) is 10.1 Å². The summed E-state index contributed by atoms with van der Waals surface area (Å²) in [6, 6.07) is 3.88. The molecule has 1 aromatic heterocycles. The first kappa shape index (κ1) is 14.6. The van der Waals surface area contributed by atoms with Crippen LogP contribution in [0.2, 0.25) is 0 Å². The van der Waals surface area contributed by atoms with Crippen molar-refractivity contribution in [2.24, 2.45) is 0 Å². The third-order valence-electron chi connectivity index (χ3n) is 3.74. The minimum Gasteiger partial charge on any atom is -0.508 e. The Morgan fingerprint density at radius 2 is 1.75 bits per heavy atom. The van der Waals surface area contributed by atoms with E-state index in [1.54, 1.807) is 0 Å². The van der Waals surface area contributed by atoms with Crippen LogP contribution < -0.4 is 0 Å². The number of rotatable bonds is 4. The molecule has 2 rings (SSSR count). The molecule has 1 heterocycles. The van der Waals surface area contributed by atoms with Crippen molar-refractivity contribution < 1.29 is 9.63 Å². The molecule has 0 aliphatic rings. The van der Waals surface area contributed by atoms with Crippen LogP contribution in [-0.4, -0.2) is 22.2 Å². The molecule has 0 fully saturated rings. The van der Waals surface area contributed by atoms with Gasteiger partial charge in [-0.15, -0.1) is 0 Å². The molecular weight excluding hydrogens is 252 g/mol. The Labute approximate surface area is 120 Å². The molecule has 0 aliphatic carbocycles. The van der Waals surface area contributed by atoms with Gasteiger partial charge < -0.3 is 9.63 Å². The van der Waals surface area contributed by atoms with Gasteiger partial charge in [0.25, 0.3) is 0 Å². The summed E-state index contributed by atoms with van der Waals surface area (Å²) in [5.41, 5.74) is 5.31.